The van der Waals surface area contributed by atoms with Crippen molar-refractivity contribution in [2.45, 2.75) is 66.0 Å². The van der Waals surface area contributed by atoms with Gasteiger partial charge in [-0.15, -0.1) is 0 Å². The smallest absolute Gasteiger partial charge is 0.295 e. The van der Waals surface area contributed by atoms with Gasteiger partial charge in [-0.1, -0.05) is 88.7 Å². The number of Topliss-reactive ketones (excluding diaryl/α,β-unsaturated/α-hetero) is 1. The van der Waals surface area contributed by atoms with Crippen molar-refractivity contribution in [3.8, 4) is 5.75 Å². The first-order chi connectivity index (χ1) is 20.0. The number of ether oxygens (including phenoxy) is 1. The number of aryl methyl sites for hydroxylation is 1. The molecule has 3 aromatic carbocycles. The van der Waals surface area contributed by atoms with E-state index in [0.717, 1.165) is 42.7 Å². The molecule has 4 rings (SSSR count). The van der Waals surface area contributed by atoms with Crippen LogP contribution in [0.1, 0.15) is 74.9 Å². The van der Waals surface area contributed by atoms with Crippen LogP contribution >= 0.6 is 0 Å². The molecule has 1 N–H and O–H groups in total. The maximum absolute atomic E-state index is 13.5. The molecular formula is C36H44N2O4. The molecule has 0 aliphatic carbocycles. The van der Waals surface area contributed by atoms with Crippen LogP contribution in [0.5, 0.6) is 5.75 Å². The van der Waals surface area contributed by atoms with E-state index in [-0.39, 0.29) is 16.7 Å². The van der Waals surface area contributed by atoms with Crippen molar-refractivity contribution in [2.75, 3.05) is 26.2 Å². The van der Waals surface area contributed by atoms with Crippen LogP contribution < -0.4 is 4.74 Å². The summed E-state index contributed by atoms with van der Waals surface area (Å²) in [5.74, 6) is -0.744. The van der Waals surface area contributed by atoms with E-state index >= 15 is 0 Å². The van der Waals surface area contributed by atoms with Gasteiger partial charge in [0.25, 0.3) is 11.7 Å². The molecule has 1 unspecified atom stereocenters. The predicted octanol–water partition coefficient (Wildman–Crippen LogP) is 7.03. The molecule has 0 spiro atoms. The van der Waals surface area contributed by atoms with Gasteiger partial charge in [-0.25, -0.2) is 0 Å². The van der Waals surface area contributed by atoms with Crippen LogP contribution in [-0.2, 0) is 21.6 Å². The van der Waals surface area contributed by atoms with Gasteiger partial charge in [0.2, 0.25) is 0 Å². The highest BCUT2D eigenvalue weighted by Crippen LogP contribution is 2.40. The lowest BCUT2D eigenvalue weighted by molar-refractivity contribution is -0.140. The molecule has 0 aromatic heterocycles. The van der Waals surface area contributed by atoms with Gasteiger partial charge in [0.05, 0.1) is 11.6 Å². The number of likely N-dealkylation sites (tertiary alicyclic amines) is 1. The van der Waals surface area contributed by atoms with Crippen LogP contribution in [0, 0.1) is 6.92 Å². The van der Waals surface area contributed by atoms with Gasteiger partial charge >= 0.3 is 0 Å². The third-order valence-electron chi connectivity index (χ3n) is 8.05. The summed E-state index contributed by atoms with van der Waals surface area (Å²) in [5.41, 5.74) is 4.78. The summed E-state index contributed by atoms with van der Waals surface area (Å²) in [6.45, 7) is 16.3. The lowest BCUT2D eigenvalue weighted by Crippen LogP contribution is -2.33. The number of carbonyl (C=O) groups is 2. The first kappa shape index (κ1) is 31.0. The number of aliphatic hydroxyl groups excluding tert-OH is 1. The van der Waals surface area contributed by atoms with Crippen LogP contribution in [0.2, 0.25) is 0 Å². The van der Waals surface area contributed by atoms with Crippen LogP contribution in [0.3, 0.4) is 0 Å². The summed E-state index contributed by atoms with van der Waals surface area (Å²) in [6, 6.07) is 22.6. The van der Waals surface area contributed by atoms with Gasteiger partial charge < -0.3 is 19.6 Å². The summed E-state index contributed by atoms with van der Waals surface area (Å²) in [6.07, 6.45) is 0.734. The first-order valence-electron chi connectivity index (χ1n) is 14.9. The summed E-state index contributed by atoms with van der Waals surface area (Å²) in [7, 11) is 0. The minimum Gasteiger partial charge on any atom is -0.507 e. The number of aliphatic hydroxyl groups is 1. The number of amides is 1. The van der Waals surface area contributed by atoms with Crippen LogP contribution in [0.4, 0.5) is 0 Å². The first-order valence-corrected chi connectivity index (χ1v) is 14.9. The van der Waals surface area contributed by atoms with Crippen molar-refractivity contribution in [2.24, 2.45) is 0 Å². The molecule has 1 atom stereocenters. The molecule has 42 heavy (non-hydrogen) atoms. The predicted molar refractivity (Wildman–Crippen MR) is 169 cm³/mol. The SMILES string of the molecule is CCN(CC)CCCN1C(=O)C(=O)C(=C(O)c2ccc(OCc3ccc(C)cc3)cc2)C1c1ccc(C(C)(C)C)cc1. The van der Waals surface area contributed by atoms with Gasteiger partial charge in [-0.3, -0.25) is 9.59 Å². The van der Waals surface area contributed by atoms with E-state index in [2.05, 4.69) is 39.5 Å². The lowest BCUT2D eigenvalue weighted by Gasteiger charge is -2.27. The topological polar surface area (TPSA) is 70.1 Å². The minimum absolute atomic E-state index is 0.0344. The van der Waals surface area contributed by atoms with Crippen molar-refractivity contribution in [3.63, 3.8) is 0 Å². The Balaban J connectivity index is 1.63. The van der Waals surface area contributed by atoms with Gasteiger partial charge in [0, 0.05) is 12.1 Å². The van der Waals surface area contributed by atoms with Crippen molar-refractivity contribution >= 4 is 17.4 Å². The maximum Gasteiger partial charge on any atom is 0.295 e. The van der Waals surface area contributed by atoms with Crippen molar-refractivity contribution in [1.82, 2.24) is 9.80 Å². The molecule has 0 saturated carbocycles. The van der Waals surface area contributed by atoms with Gasteiger partial charge in [0.15, 0.2) is 0 Å². The van der Waals surface area contributed by atoms with Gasteiger partial charge in [0.1, 0.15) is 18.1 Å². The third-order valence-corrected chi connectivity index (χ3v) is 8.05. The minimum atomic E-state index is -0.659. The second-order valence-electron chi connectivity index (χ2n) is 12.0. The number of nitrogens with zero attached hydrogens (tertiary/aromatic N) is 2. The monoisotopic (exact) mass is 568 g/mol. The summed E-state index contributed by atoms with van der Waals surface area (Å²) in [4.78, 5) is 30.7. The van der Waals surface area contributed by atoms with Crippen LogP contribution in [0.25, 0.3) is 5.76 Å². The molecule has 0 bridgehead atoms. The van der Waals surface area contributed by atoms with E-state index < -0.39 is 17.7 Å². The average molecular weight is 569 g/mol. The Morgan fingerprint density at radius 3 is 2.10 bits per heavy atom. The van der Waals surface area contributed by atoms with E-state index in [1.54, 1.807) is 29.2 Å². The van der Waals surface area contributed by atoms with Crippen LogP contribution in [0.15, 0.2) is 78.4 Å². The molecule has 1 heterocycles. The molecule has 1 fully saturated rings. The summed E-state index contributed by atoms with van der Waals surface area (Å²) < 4.78 is 5.93. The molecule has 1 amide bonds. The second kappa shape index (κ2) is 13.4. The van der Waals surface area contributed by atoms with Crippen LogP contribution in [-0.4, -0.2) is 52.8 Å². The number of hydrogen-bond donors (Lipinski definition) is 1. The Kier molecular flexibility index (Phi) is 9.89. The highest BCUT2D eigenvalue weighted by atomic mass is 16.5. The van der Waals surface area contributed by atoms with Crippen molar-refractivity contribution < 1.29 is 19.4 Å². The Labute approximate surface area is 250 Å². The molecule has 0 radical (unpaired) electrons. The maximum atomic E-state index is 13.5. The zero-order valence-corrected chi connectivity index (χ0v) is 25.8. The fraction of sp³-hybridized carbons (Fsp3) is 0.389. The third kappa shape index (κ3) is 7.11. The number of benzene rings is 3. The molecule has 1 aliphatic heterocycles. The number of ketones is 1. The van der Waals surface area contributed by atoms with Crippen molar-refractivity contribution in [3.05, 3.63) is 106 Å². The number of carbonyl (C=O) groups excluding carboxylic acids is 2. The largest absolute Gasteiger partial charge is 0.507 e. The van der Waals surface area contributed by atoms with E-state index in [4.69, 9.17) is 4.74 Å². The van der Waals surface area contributed by atoms with Gasteiger partial charge in [-0.2, -0.15) is 0 Å². The Morgan fingerprint density at radius 2 is 1.52 bits per heavy atom. The standard InChI is InChI=1S/C36H44N2O4/c1-7-37(8-2)22-9-23-38-32(27-14-18-29(19-15-27)36(4,5)6)31(34(40)35(38)41)33(39)28-16-20-30(21-17-28)42-24-26-12-10-25(3)11-13-26/h10-21,32,39H,7-9,22-24H2,1-6H3. The van der Waals surface area contributed by atoms with Crippen molar-refractivity contribution in [1.29, 1.82) is 0 Å². The highest BCUT2D eigenvalue weighted by Gasteiger charge is 2.45. The average Bonchev–Trinajstić information content (AvgIpc) is 3.23. The quantitative estimate of drug-likeness (QED) is 0.153. The molecule has 1 aliphatic rings. The second-order valence-corrected chi connectivity index (χ2v) is 12.0. The Bertz CT molecular complexity index is 1400. The number of rotatable bonds is 11. The molecular weight excluding hydrogens is 524 g/mol. The fourth-order valence-electron chi connectivity index (χ4n) is 5.34. The molecule has 222 valence electrons. The zero-order valence-electron chi connectivity index (χ0n) is 25.8. The summed E-state index contributed by atoms with van der Waals surface area (Å²) in [5, 5.41) is 11.5. The molecule has 6 nitrogen and oxygen atoms in total. The van der Waals surface area contributed by atoms with Gasteiger partial charge in [-0.05, 0) is 79.3 Å². The fourth-order valence-corrected chi connectivity index (χ4v) is 5.34. The Morgan fingerprint density at radius 1 is 0.905 bits per heavy atom. The molecule has 3 aromatic rings. The Hall–Kier alpha value is -3.90. The highest BCUT2D eigenvalue weighted by molar-refractivity contribution is 6.46. The molecule has 1 saturated heterocycles. The van der Waals surface area contributed by atoms with E-state index in [1.165, 1.54) is 5.56 Å². The normalized spacial score (nSPS) is 16.8. The number of hydrogen-bond acceptors (Lipinski definition) is 5. The van der Waals surface area contributed by atoms with E-state index in [9.17, 15) is 14.7 Å². The van der Waals surface area contributed by atoms with E-state index in [0.29, 0.717) is 24.5 Å². The molecule has 6 heteroatoms. The zero-order chi connectivity index (χ0) is 30.4. The summed E-state index contributed by atoms with van der Waals surface area (Å²) >= 11 is 0. The lowest BCUT2D eigenvalue weighted by atomic mass is 9.85. The van der Waals surface area contributed by atoms with E-state index in [1.807, 2.05) is 55.5 Å².